The van der Waals surface area contributed by atoms with Gasteiger partial charge >= 0.3 is 0 Å². The van der Waals surface area contributed by atoms with Gasteiger partial charge in [0.05, 0.1) is 18.1 Å². The first-order valence-electron chi connectivity index (χ1n) is 5.25. The van der Waals surface area contributed by atoms with Gasteiger partial charge in [-0.3, -0.25) is 14.6 Å². The van der Waals surface area contributed by atoms with Gasteiger partial charge in [-0.15, -0.1) is 0 Å². The monoisotopic (exact) mass is 218 g/mol. The van der Waals surface area contributed by atoms with E-state index in [1.165, 1.54) is 0 Å². The van der Waals surface area contributed by atoms with Crippen LogP contribution in [0.3, 0.4) is 0 Å². The van der Waals surface area contributed by atoms with Crippen molar-refractivity contribution < 1.29 is 5.11 Å². The number of hydrogen-bond donors (Lipinski definition) is 1. The van der Waals surface area contributed by atoms with Gasteiger partial charge in [-0.1, -0.05) is 0 Å². The summed E-state index contributed by atoms with van der Waals surface area (Å²) in [5.74, 6) is 0. The third-order valence-corrected chi connectivity index (χ3v) is 2.36. The van der Waals surface area contributed by atoms with Crippen LogP contribution in [-0.2, 0) is 13.0 Å². The summed E-state index contributed by atoms with van der Waals surface area (Å²) in [5, 5.41) is 14.1. The van der Waals surface area contributed by atoms with Crippen LogP contribution in [0, 0.1) is 0 Å². The minimum Gasteiger partial charge on any atom is -0.386 e. The first-order chi connectivity index (χ1) is 7.79. The fraction of sp³-hybridized carbons (Fsp3) is 0.364. The molecule has 2 aromatic rings. The Labute approximate surface area is 93.8 Å². The number of rotatable bonds is 4. The van der Waals surface area contributed by atoms with Crippen molar-refractivity contribution in [3.8, 4) is 0 Å². The lowest BCUT2D eigenvalue weighted by Crippen LogP contribution is -2.03. The molecule has 0 aliphatic carbocycles. The highest BCUT2D eigenvalue weighted by Crippen LogP contribution is 2.14. The highest BCUT2D eigenvalue weighted by Gasteiger charge is 2.10. The molecule has 2 heterocycles. The van der Waals surface area contributed by atoms with Crippen LogP contribution in [0.5, 0.6) is 0 Å². The van der Waals surface area contributed by atoms with E-state index in [4.69, 9.17) is 0 Å². The van der Waals surface area contributed by atoms with Gasteiger partial charge in [-0.05, 0) is 12.5 Å². The minimum atomic E-state index is -0.622. The maximum atomic E-state index is 9.92. The van der Waals surface area contributed by atoms with Crippen molar-refractivity contribution in [3.05, 3.63) is 42.2 Å². The van der Waals surface area contributed by atoms with Crippen LogP contribution < -0.4 is 0 Å². The van der Waals surface area contributed by atoms with E-state index >= 15 is 0 Å². The lowest BCUT2D eigenvalue weighted by atomic mass is 10.1. The molecule has 1 unspecified atom stereocenters. The van der Waals surface area contributed by atoms with Crippen LogP contribution in [0.2, 0.25) is 0 Å². The van der Waals surface area contributed by atoms with Crippen molar-refractivity contribution in [1.82, 2.24) is 19.7 Å². The average Bonchev–Trinajstić information content (AvgIpc) is 2.78. The molecule has 2 rings (SSSR count). The van der Waals surface area contributed by atoms with Crippen LogP contribution in [-0.4, -0.2) is 24.9 Å². The number of aryl methyl sites for hydroxylation is 1. The second-order valence-corrected chi connectivity index (χ2v) is 3.55. The van der Waals surface area contributed by atoms with E-state index in [9.17, 15) is 5.11 Å². The van der Waals surface area contributed by atoms with Gasteiger partial charge in [-0.25, -0.2) is 0 Å². The summed E-state index contributed by atoms with van der Waals surface area (Å²) >= 11 is 0. The molecule has 5 heteroatoms. The Hall–Kier alpha value is -1.75. The van der Waals surface area contributed by atoms with Gasteiger partial charge in [0.1, 0.15) is 6.10 Å². The maximum Gasteiger partial charge on any atom is 0.102 e. The standard InChI is InChI=1S/C11H14N4O/c1-2-15-8-9(6-14-15)5-11(16)10-7-12-3-4-13-10/h3-4,6-8,11,16H,2,5H2,1H3. The Balaban J connectivity index is 2.05. The fourth-order valence-corrected chi connectivity index (χ4v) is 1.50. The second kappa shape index (κ2) is 4.85. The molecule has 1 atom stereocenters. The van der Waals surface area contributed by atoms with E-state index < -0.39 is 6.10 Å². The zero-order valence-corrected chi connectivity index (χ0v) is 9.11. The van der Waals surface area contributed by atoms with Crippen LogP contribution in [0.4, 0.5) is 0 Å². The Bertz CT molecular complexity index is 440. The van der Waals surface area contributed by atoms with Gasteiger partial charge in [0, 0.05) is 31.6 Å². The Morgan fingerprint density at radius 3 is 2.88 bits per heavy atom. The Morgan fingerprint density at radius 1 is 1.38 bits per heavy atom. The van der Waals surface area contributed by atoms with E-state index in [0.29, 0.717) is 12.1 Å². The fourth-order valence-electron chi connectivity index (χ4n) is 1.50. The normalized spacial score (nSPS) is 12.6. The number of aromatic nitrogens is 4. The zero-order chi connectivity index (χ0) is 11.4. The largest absolute Gasteiger partial charge is 0.386 e. The summed E-state index contributed by atoms with van der Waals surface area (Å²) in [6.45, 7) is 2.86. The molecule has 0 bridgehead atoms. The van der Waals surface area contributed by atoms with Crippen molar-refractivity contribution in [3.63, 3.8) is 0 Å². The number of nitrogens with zero attached hydrogens (tertiary/aromatic N) is 4. The molecular formula is C11H14N4O. The van der Waals surface area contributed by atoms with Gasteiger partial charge in [0.15, 0.2) is 0 Å². The maximum absolute atomic E-state index is 9.92. The molecule has 0 spiro atoms. The molecule has 0 amide bonds. The highest BCUT2D eigenvalue weighted by atomic mass is 16.3. The summed E-state index contributed by atoms with van der Waals surface area (Å²) in [4.78, 5) is 7.99. The SMILES string of the molecule is CCn1cc(CC(O)c2cnccn2)cn1. The van der Waals surface area contributed by atoms with Gasteiger partial charge in [0.25, 0.3) is 0 Å². The van der Waals surface area contributed by atoms with Gasteiger partial charge in [-0.2, -0.15) is 5.10 Å². The molecule has 0 aromatic carbocycles. The molecule has 5 nitrogen and oxygen atoms in total. The van der Waals surface area contributed by atoms with Crippen LogP contribution in [0.25, 0.3) is 0 Å². The third-order valence-electron chi connectivity index (χ3n) is 2.36. The molecule has 16 heavy (non-hydrogen) atoms. The predicted molar refractivity (Wildman–Crippen MR) is 58.6 cm³/mol. The van der Waals surface area contributed by atoms with Crippen LogP contribution in [0.1, 0.15) is 24.3 Å². The minimum absolute atomic E-state index is 0.513. The smallest absolute Gasteiger partial charge is 0.102 e. The molecule has 0 aliphatic rings. The molecule has 1 N–H and O–H groups in total. The molecule has 2 aromatic heterocycles. The molecule has 0 aliphatic heterocycles. The lowest BCUT2D eigenvalue weighted by molar-refractivity contribution is 0.173. The summed E-state index contributed by atoms with van der Waals surface area (Å²) in [7, 11) is 0. The van der Waals surface area contributed by atoms with Crippen LogP contribution in [0.15, 0.2) is 31.0 Å². The average molecular weight is 218 g/mol. The predicted octanol–water partition coefficient (Wildman–Crippen LogP) is 0.969. The van der Waals surface area contributed by atoms with E-state index in [-0.39, 0.29) is 0 Å². The summed E-state index contributed by atoms with van der Waals surface area (Å²) in [5.41, 5.74) is 1.59. The van der Waals surface area contributed by atoms with E-state index in [1.54, 1.807) is 24.8 Å². The quantitative estimate of drug-likeness (QED) is 0.830. The number of hydrogen-bond acceptors (Lipinski definition) is 4. The summed E-state index contributed by atoms with van der Waals surface area (Å²) in [6, 6.07) is 0. The van der Waals surface area contributed by atoms with Gasteiger partial charge in [0.2, 0.25) is 0 Å². The molecular weight excluding hydrogens is 204 g/mol. The van der Waals surface area contributed by atoms with Crippen LogP contribution >= 0.6 is 0 Å². The topological polar surface area (TPSA) is 63.8 Å². The molecule has 0 radical (unpaired) electrons. The first kappa shape index (κ1) is 10.8. The van der Waals surface area contributed by atoms with Crippen molar-refractivity contribution >= 4 is 0 Å². The van der Waals surface area contributed by atoms with E-state index in [1.807, 2.05) is 17.8 Å². The summed E-state index contributed by atoms with van der Waals surface area (Å²) in [6.07, 6.45) is 8.33. The number of aliphatic hydroxyl groups is 1. The Kier molecular flexibility index (Phi) is 3.26. The summed E-state index contributed by atoms with van der Waals surface area (Å²) < 4.78 is 1.83. The van der Waals surface area contributed by atoms with E-state index in [0.717, 1.165) is 12.1 Å². The van der Waals surface area contributed by atoms with Crippen molar-refractivity contribution in [1.29, 1.82) is 0 Å². The zero-order valence-electron chi connectivity index (χ0n) is 9.11. The van der Waals surface area contributed by atoms with Crippen molar-refractivity contribution in [2.24, 2.45) is 0 Å². The van der Waals surface area contributed by atoms with Gasteiger partial charge < -0.3 is 5.11 Å². The molecule has 0 saturated carbocycles. The third kappa shape index (κ3) is 2.43. The molecule has 0 fully saturated rings. The second-order valence-electron chi connectivity index (χ2n) is 3.55. The number of aliphatic hydroxyl groups excluding tert-OH is 1. The first-order valence-corrected chi connectivity index (χ1v) is 5.25. The van der Waals surface area contributed by atoms with E-state index in [2.05, 4.69) is 15.1 Å². The highest BCUT2D eigenvalue weighted by molar-refractivity contribution is 5.10. The van der Waals surface area contributed by atoms with Crippen molar-refractivity contribution in [2.45, 2.75) is 26.0 Å². The molecule has 0 saturated heterocycles. The van der Waals surface area contributed by atoms with Crippen molar-refractivity contribution in [2.75, 3.05) is 0 Å². The molecule has 84 valence electrons. The lowest BCUT2D eigenvalue weighted by Gasteiger charge is -2.07. The Morgan fingerprint density at radius 2 is 2.25 bits per heavy atom.